The Kier molecular flexibility index (Phi) is 6.96. The van der Waals surface area contributed by atoms with E-state index in [4.69, 9.17) is 17.3 Å². The van der Waals surface area contributed by atoms with Crippen molar-refractivity contribution in [2.45, 2.75) is 17.1 Å². The minimum atomic E-state index is -3.79. The number of sulfonamides is 1. The Bertz CT molecular complexity index is 1030. The van der Waals surface area contributed by atoms with Crippen molar-refractivity contribution in [3.05, 3.63) is 34.8 Å². The highest BCUT2D eigenvalue weighted by molar-refractivity contribution is 7.91. The van der Waals surface area contributed by atoms with Gasteiger partial charge in [-0.3, -0.25) is 9.59 Å². The Hall–Kier alpha value is -2.21. The van der Waals surface area contributed by atoms with E-state index in [0.29, 0.717) is 22.4 Å². The van der Waals surface area contributed by atoms with Gasteiger partial charge in [-0.2, -0.15) is 4.31 Å². The van der Waals surface area contributed by atoms with Gasteiger partial charge in [0.1, 0.15) is 10.0 Å². The molecule has 1 atom stereocenters. The molecule has 0 saturated carbocycles. The van der Waals surface area contributed by atoms with Crippen LogP contribution in [0.25, 0.3) is 0 Å². The normalized spacial score (nSPS) is 17.2. The average Bonchev–Trinajstić information content (AvgIpc) is 3.15. The molecule has 12 heteroatoms. The molecule has 0 aliphatic carbocycles. The topological polar surface area (TPSA) is 126 Å². The average molecular weight is 472 g/mol. The molecule has 1 unspecified atom stereocenters. The lowest BCUT2D eigenvalue weighted by Gasteiger charge is -2.32. The van der Waals surface area contributed by atoms with Gasteiger partial charge in [0.2, 0.25) is 11.8 Å². The number of piperidine rings is 1. The molecule has 1 saturated heterocycles. The maximum absolute atomic E-state index is 12.5. The van der Waals surface area contributed by atoms with Crippen LogP contribution >= 0.6 is 22.9 Å². The number of nitrogens with zero attached hydrogens (tertiary/aromatic N) is 3. The van der Waals surface area contributed by atoms with Crippen molar-refractivity contribution >= 4 is 56.3 Å². The van der Waals surface area contributed by atoms with Crippen LogP contribution in [0.5, 0.6) is 0 Å². The zero-order valence-electron chi connectivity index (χ0n) is 16.2. The number of likely N-dealkylation sites (N-methyl/N-ethyl adjacent to an activating group) is 1. The number of nitrogens with two attached hydrogens (primary N) is 1. The summed E-state index contributed by atoms with van der Waals surface area (Å²) < 4.78 is 26.3. The third-order valence-corrected chi connectivity index (χ3v) is 8.26. The Balaban J connectivity index is 1.58. The zero-order chi connectivity index (χ0) is 21.9. The van der Waals surface area contributed by atoms with Gasteiger partial charge in [0.05, 0.1) is 28.7 Å². The second kappa shape index (κ2) is 9.29. The van der Waals surface area contributed by atoms with E-state index in [1.807, 2.05) is 4.90 Å². The molecule has 3 rings (SSSR count). The number of hydrogen-bond acceptors (Lipinski definition) is 7. The van der Waals surface area contributed by atoms with E-state index in [0.717, 1.165) is 35.0 Å². The number of carbonyl (C=O) groups is 2. The molecule has 0 aromatic carbocycles. The number of carbonyl (C=O) groups excluding carboxylic acids is 2. The van der Waals surface area contributed by atoms with E-state index in [2.05, 4.69) is 10.3 Å². The second-order valence-corrected chi connectivity index (χ2v) is 10.9. The van der Waals surface area contributed by atoms with Crippen LogP contribution in [0.1, 0.15) is 12.8 Å². The second-order valence-electron chi connectivity index (χ2n) is 6.96. The van der Waals surface area contributed by atoms with Crippen molar-refractivity contribution in [2.24, 2.45) is 11.7 Å². The molecule has 1 aliphatic rings. The van der Waals surface area contributed by atoms with E-state index in [1.54, 1.807) is 12.1 Å². The van der Waals surface area contributed by atoms with Gasteiger partial charge in [0.15, 0.2) is 0 Å². The van der Waals surface area contributed by atoms with Gasteiger partial charge in [-0.05, 0) is 37.1 Å². The Morgan fingerprint density at radius 1 is 1.37 bits per heavy atom. The van der Waals surface area contributed by atoms with Crippen LogP contribution < -0.4 is 16.0 Å². The van der Waals surface area contributed by atoms with E-state index in [-0.39, 0.29) is 22.6 Å². The molecule has 0 spiro atoms. The summed E-state index contributed by atoms with van der Waals surface area (Å²) in [6.45, 7) is 0.938. The standard InChI is InChI=1S/C18H22ClN5O4S2/c1-23(30(27,28)17-7-5-14(19)29-17)11-16(25)22-13-4-6-15(21-9-13)24-8-2-3-12(10-24)18(20)26/h4-7,9,12H,2-3,8,10-11H2,1H3,(H2,20,26)(H,22,25). The van der Waals surface area contributed by atoms with E-state index >= 15 is 0 Å². The van der Waals surface area contributed by atoms with Crippen molar-refractivity contribution in [1.29, 1.82) is 0 Å². The SMILES string of the molecule is CN(CC(=O)Nc1ccc(N2CCCC(C(N)=O)C2)nc1)S(=O)(=O)c1ccc(Cl)s1. The lowest BCUT2D eigenvalue weighted by atomic mass is 9.97. The number of primary amides is 1. The first-order valence-corrected chi connectivity index (χ1v) is 11.8. The molecule has 2 aromatic heterocycles. The molecule has 2 aromatic rings. The van der Waals surface area contributed by atoms with Crippen molar-refractivity contribution in [3.8, 4) is 0 Å². The van der Waals surface area contributed by atoms with Crippen LogP contribution in [0.4, 0.5) is 11.5 Å². The molecule has 9 nitrogen and oxygen atoms in total. The summed E-state index contributed by atoms with van der Waals surface area (Å²) in [5.74, 6) is -0.318. The Labute approximate surface area is 183 Å². The molecular formula is C18H22ClN5O4S2. The lowest BCUT2D eigenvalue weighted by molar-refractivity contribution is -0.122. The molecular weight excluding hydrogens is 450 g/mol. The summed E-state index contributed by atoms with van der Waals surface area (Å²) in [7, 11) is -2.46. The molecule has 3 heterocycles. The molecule has 162 valence electrons. The van der Waals surface area contributed by atoms with Gasteiger partial charge in [-0.15, -0.1) is 11.3 Å². The number of anilines is 2. The van der Waals surface area contributed by atoms with Crippen LogP contribution in [-0.2, 0) is 19.6 Å². The van der Waals surface area contributed by atoms with Gasteiger partial charge >= 0.3 is 0 Å². The van der Waals surface area contributed by atoms with Gasteiger partial charge in [0, 0.05) is 20.1 Å². The first-order chi connectivity index (χ1) is 14.2. The predicted octanol–water partition coefficient (Wildman–Crippen LogP) is 1.76. The van der Waals surface area contributed by atoms with Gasteiger partial charge in [-0.25, -0.2) is 13.4 Å². The van der Waals surface area contributed by atoms with Crippen LogP contribution in [-0.4, -0.2) is 56.2 Å². The monoisotopic (exact) mass is 471 g/mol. The summed E-state index contributed by atoms with van der Waals surface area (Å²) in [5.41, 5.74) is 5.85. The zero-order valence-corrected chi connectivity index (χ0v) is 18.6. The van der Waals surface area contributed by atoms with Crippen molar-refractivity contribution in [3.63, 3.8) is 0 Å². The highest BCUT2D eigenvalue weighted by atomic mass is 35.5. The van der Waals surface area contributed by atoms with Crippen molar-refractivity contribution in [2.75, 3.05) is 36.9 Å². The maximum Gasteiger partial charge on any atom is 0.252 e. The Morgan fingerprint density at radius 3 is 2.73 bits per heavy atom. The summed E-state index contributed by atoms with van der Waals surface area (Å²) >= 11 is 6.73. The van der Waals surface area contributed by atoms with E-state index < -0.39 is 15.9 Å². The molecule has 2 amide bonds. The number of nitrogens with one attached hydrogen (secondary N) is 1. The summed E-state index contributed by atoms with van der Waals surface area (Å²) in [4.78, 5) is 30.0. The maximum atomic E-state index is 12.5. The summed E-state index contributed by atoms with van der Waals surface area (Å²) in [5, 5.41) is 2.64. The minimum absolute atomic E-state index is 0.0737. The van der Waals surface area contributed by atoms with Crippen LogP contribution in [0.15, 0.2) is 34.7 Å². The number of aromatic nitrogens is 1. The number of amides is 2. The lowest BCUT2D eigenvalue weighted by Crippen LogP contribution is -2.41. The first-order valence-electron chi connectivity index (χ1n) is 9.18. The largest absolute Gasteiger partial charge is 0.369 e. The number of hydrogen-bond donors (Lipinski definition) is 2. The minimum Gasteiger partial charge on any atom is -0.369 e. The first kappa shape index (κ1) is 22.5. The molecule has 0 radical (unpaired) electrons. The number of rotatable bonds is 7. The fraction of sp³-hybridized carbons (Fsp3) is 0.389. The molecule has 3 N–H and O–H groups in total. The van der Waals surface area contributed by atoms with E-state index in [1.165, 1.54) is 25.4 Å². The van der Waals surface area contributed by atoms with Gasteiger partial charge < -0.3 is 16.0 Å². The summed E-state index contributed by atoms with van der Waals surface area (Å²) in [6.07, 6.45) is 3.12. The quantitative estimate of drug-likeness (QED) is 0.633. The van der Waals surface area contributed by atoms with Crippen molar-refractivity contribution in [1.82, 2.24) is 9.29 Å². The molecule has 0 bridgehead atoms. The van der Waals surface area contributed by atoms with E-state index in [9.17, 15) is 18.0 Å². The summed E-state index contributed by atoms with van der Waals surface area (Å²) in [6, 6.07) is 6.33. The Morgan fingerprint density at radius 2 is 2.13 bits per heavy atom. The van der Waals surface area contributed by atoms with Crippen molar-refractivity contribution < 1.29 is 18.0 Å². The molecule has 1 aliphatic heterocycles. The fourth-order valence-electron chi connectivity index (χ4n) is 3.14. The van der Waals surface area contributed by atoms with Crippen LogP contribution in [0, 0.1) is 5.92 Å². The predicted molar refractivity (Wildman–Crippen MR) is 116 cm³/mol. The number of halogens is 1. The molecule has 30 heavy (non-hydrogen) atoms. The van der Waals surface area contributed by atoms with Crippen LogP contribution in [0.2, 0.25) is 4.34 Å². The van der Waals surface area contributed by atoms with Gasteiger partial charge in [-0.1, -0.05) is 11.6 Å². The third-order valence-electron chi connectivity index (χ3n) is 4.76. The molecule has 1 fully saturated rings. The highest BCUT2D eigenvalue weighted by Gasteiger charge is 2.26. The number of thiophene rings is 1. The van der Waals surface area contributed by atoms with Crippen LogP contribution in [0.3, 0.4) is 0 Å². The fourth-order valence-corrected chi connectivity index (χ4v) is 5.96. The number of pyridine rings is 1. The smallest absolute Gasteiger partial charge is 0.252 e. The third kappa shape index (κ3) is 5.28. The van der Waals surface area contributed by atoms with Gasteiger partial charge in [0.25, 0.3) is 10.0 Å². The highest BCUT2D eigenvalue weighted by Crippen LogP contribution is 2.27.